The molecule has 1 fully saturated rings. The van der Waals surface area contributed by atoms with Gasteiger partial charge in [-0.05, 0) is 37.3 Å². The van der Waals surface area contributed by atoms with E-state index in [9.17, 15) is 4.79 Å². The molecule has 0 aromatic heterocycles. The van der Waals surface area contributed by atoms with Crippen molar-refractivity contribution in [1.29, 1.82) is 0 Å². The summed E-state index contributed by atoms with van der Waals surface area (Å²) in [5.74, 6) is 2.00. The summed E-state index contributed by atoms with van der Waals surface area (Å²) in [6.45, 7) is 0. The monoisotopic (exact) mass is 376 g/mol. The number of methoxy groups -OCH3 is 2. The molecule has 0 N–H and O–H groups in total. The first-order valence-corrected chi connectivity index (χ1v) is 10.7. The van der Waals surface area contributed by atoms with Crippen LogP contribution < -0.4 is 9.47 Å². The highest BCUT2D eigenvalue weighted by molar-refractivity contribution is 8.23. The Morgan fingerprint density at radius 3 is 2.72 bits per heavy atom. The van der Waals surface area contributed by atoms with Gasteiger partial charge in [0.1, 0.15) is 0 Å². The zero-order chi connectivity index (χ0) is 17.4. The second kappa shape index (κ2) is 6.92. The van der Waals surface area contributed by atoms with Gasteiger partial charge in [0.2, 0.25) is 0 Å². The largest absolute Gasteiger partial charge is 0.493 e. The number of carbonyl (C=O) groups is 1. The van der Waals surface area contributed by atoms with Gasteiger partial charge < -0.3 is 9.47 Å². The van der Waals surface area contributed by atoms with Crippen molar-refractivity contribution in [2.75, 3.05) is 14.2 Å². The van der Waals surface area contributed by atoms with Crippen molar-refractivity contribution < 1.29 is 14.3 Å². The number of benzene rings is 1. The van der Waals surface area contributed by atoms with Gasteiger partial charge in [-0.2, -0.15) is 0 Å². The number of allylic oxidation sites excluding steroid dienone is 1. The van der Waals surface area contributed by atoms with E-state index in [1.54, 1.807) is 14.2 Å². The molecule has 1 aliphatic carbocycles. The predicted molar refractivity (Wildman–Crippen MR) is 105 cm³/mol. The summed E-state index contributed by atoms with van der Waals surface area (Å²) in [7, 11) is 3.36. The van der Waals surface area contributed by atoms with Gasteiger partial charge in [0.05, 0.1) is 14.2 Å². The third kappa shape index (κ3) is 3.21. The fraction of sp³-hybridized carbons (Fsp3) is 0.550. The number of ether oxygens (including phenoxy) is 2. The predicted octanol–water partition coefficient (Wildman–Crippen LogP) is 4.98. The van der Waals surface area contributed by atoms with E-state index in [1.807, 2.05) is 35.7 Å². The topological polar surface area (TPSA) is 35.5 Å². The Bertz CT molecular complexity index is 720. The van der Waals surface area contributed by atoms with Gasteiger partial charge >= 0.3 is 0 Å². The lowest BCUT2D eigenvalue weighted by Gasteiger charge is -2.32. The van der Waals surface area contributed by atoms with Crippen LogP contribution in [0.5, 0.6) is 11.5 Å². The van der Waals surface area contributed by atoms with E-state index in [2.05, 4.69) is 6.07 Å². The smallest absolute Gasteiger partial charge is 0.163 e. The van der Waals surface area contributed by atoms with Crippen LogP contribution in [-0.4, -0.2) is 30.0 Å². The first-order chi connectivity index (χ1) is 12.1. The maximum Gasteiger partial charge on any atom is 0.163 e. The fourth-order valence-electron chi connectivity index (χ4n) is 4.29. The van der Waals surface area contributed by atoms with E-state index in [1.165, 1.54) is 29.9 Å². The van der Waals surface area contributed by atoms with Gasteiger partial charge in [0.25, 0.3) is 0 Å². The van der Waals surface area contributed by atoms with Crippen LogP contribution in [0.4, 0.5) is 0 Å². The summed E-state index contributed by atoms with van der Waals surface area (Å²) < 4.78 is 12.5. The molecule has 1 atom stereocenters. The van der Waals surface area contributed by atoms with Gasteiger partial charge in [0.15, 0.2) is 17.3 Å². The molecule has 0 bridgehead atoms. The van der Waals surface area contributed by atoms with Crippen molar-refractivity contribution in [1.82, 2.24) is 0 Å². The third-order valence-electron chi connectivity index (χ3n) is 5.53. The van der Waals surface area contributed by atoms with Gasteiger partial charge in [-0.15, -0.1) is 23.5 Å². The Balaban J connectivity index is 1.50. The number of thioether (sulfide) groups is 2. The lowest BCUT2D eigenvalue weighted by Crippen LogP contribution is -2.28. The highest BCUT2D eigenvalue weighted by atomic mass is 32.2. The van der Waals surface area contributed by atoms with Crippen LogP contribution >= 0.6 is 23.5 Å². The van der Waals surface area contributed by atoms with Crippen molar-refractivity contribution in [2.45, 2.75) is 54.9 Å². The van der Waals surface area contributed by atoms with Crippen LogP contribution in [0.2, 0.25) is 0 Å². The average molecular weight is 377 g/mol. The van der Waals surface area contributed by atoms with E-state index in [4.69, 9.17) is 9.47 Å². The lowest BCUT2D eigenvalue weighted by molar-refractivity contribution is -0.116. The first-order valence-electron chi connectivity index (χ1n) is 8.96. The SMILES string of the molecule is COc1cccc(CC2CC3=C(S2)SC2(CCCC2)CC3=O)c1OC. The lowest BCUT2D eigenvalue weighted by atomic mass is 9.93. The maximum atomic E-state index is 12.7. The molecule has 0 saturated heterocycles. The third-order valence-corrected chi connectivity index (χ3v) is 8.61. The number of para-hydroxylation sites is 1. The summed E-state index contributed by atoms with van der Waals surface area (Å²) in [5, 5.41) is 0.416. The maximum absolute atomic E-state index is 12.7. The summed E-state index contributed by atoms with van der Waals surface area (Å²) >= 11 is 3.93. The van der Waals surface area contributed by atoms with Gasteiger partial charge in [0, 0.05) is 26.2 Å². The highest BCUT2D eigenvalue weighted by Crippen LogP contribution is 2.59. The van der Waals surface area contributed by atoms with Crippen molar-refractivity contribution >= 4 is 29.3 Å². The van der Waals surface area contributed by atoms with E-state index >= 15 is 0 Å². The van der Waals surface area contributed by atoms with Crippen LogP contribution in [-0.2, 0) is 11.2 Å². The minimum atomic E-state index is 0.214. The first kappa shape index (κ1) is 17.3. The molecule has 1 saturated carbocycles. The number of hydrogen-bond donors (Lipinski definition) is 0. The van der Waals surface area contributed by atoms with E-state index < -0.39 is 0 Å². The molecule has 1 spiro atoms. The molecule has 3 nitrogen and oxygen atoms in total. The van der Waals surface area contributed by atoms with Gasteiger partial charge in [-0.25, -0.2) is 0 Å². The normalized spacial score (nSPS) is 24.7. The van der Waals surface area contributed by atoms with Crippen molar-refractivity contribution in [3.05, 3.63) is 33.6 Å². The van der Waals surface area contributed by atoms with E-state index in [0.717, 1.165) is 41.9 Å². The molecule has 1 aromatic carbocycles. The van der Waals surface area contributed by atoms with Crippen LogP contribution in [0.15, 0.2) is 28.0 Å². The molecule has 0 amide bonds. The van der Waals surface area contributed by atoms with E-state index in [0.29, 0.717) is 11.0 Å². The van der Waals surface area contributed by atoms with Crippen LogP contribution in [0.1, 0.15) is 44.1 Å². The minimum Gasteiger partial charge on any atom is -0.493 e. The van der Waals surface area contributed by atoms with Crippen molar-refractivity contribution in [2.24, 2.45) is 0 Å². The van der Waals surface area contributed by atoms with Crippen LogP contribution in [0.25, 0.3) is 0 Å². The Labute approximate surface area is 157 Å². The van der Waals surface area contributed by atoms with Crippen LogP contribution in [0, 0.1) is 0 Å². The van der Waals surface area contributed by atoms with Crippen molar-refractivity contribution in [3.8, 4) is 11.5 Å². The van der Waals surface area contributed by atoms with Crippen molar-refractivity contribution in [3.63, 3.8) is 0 Å². The second-order valence-electron chi connectivity index (χ2n) is 7.16. The molecule has 2 aliphatic heterocycles. The molecule has 5 heteroatoms. The second-order valence-corrected chi connectivity index (χ2v) is 10.2. The highest BCUT2D eigenvalue weighted by Gasteiger charge is 2.45. The zero-order valence-electron chi connectivity index (χ0n) is 14.8. The Morgan fingerprint density at radius 2 is 2.00 bits per heavy atom. The van der Waals surface area contributed by atoms with Gasteiger partial charge in [-0.3, -0.25) is 4.79 Å². The average Bonchev–Trinajstić information content (AvgIpc) is 3.22. The summed E-state index contributed by atoms with van der Waals surface area (Å²) in [5.41, 5.74) is 2.26. The number of carbonyl (C=O) groups excluding carboxylic acids is 1. The van der Waals surface area contributed by atoms with E-state index in [-0.39, 0.29) is 4.75 Å². The Hall–Kier alpha value is -1.07. The summed E-state index contributed by atoms with van der Waals surface area (Å²) in [6, 6.07) is 6.04. The van der Waals surface area contributed by atoms with Gasteiger partial charge in [-0.1, -0.05) is 25.0 Å². The molecule has 134 valence electrons. The number of ketones is 1. The number of rotatable bonds is 4. The fourth-order valence-corrected chi connectivity index (χ4v) is 7.99. The zero-order valence-corrected chi connectivity index (χ0v) is 16.4. The molecule has 2 heterocycles. The van der Waals surface area contributed by atoms with Crippen LogP contribution in [0.3, 0.4) is 0 Å². The molecule has 1 aromatic rings. The quantitative estimate of drug-likeness (QED) is 0.740. The minimum absolute atomic E-state index is 0.214. The molecule has 4 rings (SSSR count). The molecule has 0 radical (unpaired) electrons. The number of Topliss-reactive ketones (excluding diaryl/α,β-unsaturated/α-hetero) is 1. The molecular weight excluding hydrogens is 352 g/mol. The molecule has 3 aliphatic rings. The number of hydrogen-bond acceptors (Lipinski definition) is 5. The Morgan fingerprint density at radius 1 is 1.20 bits per heavy atom. The molecular formula is C20H24O3S2. The molecule has 25 heavy (non-hydrogen) atoms. The Kier molecular flexibility index (Phi) is 4.80. The summed E-state index contributed by atoms with van der Waals surface area (Å²) in [6.07, 6.45) is 7.51. The molecule has 1 unspecified atom stereocenters. The summed E-state index contributed by atoms with van der Waals surface area (Å²) in [4.78, 5) is 12.7. The standard InChI is InChI=1S/C20H24O3S2/c1-22-17-7-5-6-13(18(17)23-2)10-14-11-15-16(21)12-20(8-3-4-9-20)25-19(15)24-14/h5-7,14H,3-4,8-12H2,1-2H3.